The number of rotatable bonds is 6. The van der Waals surface area contributed by atoms with Crippen molar-refractivity contribution in [2.45, 2.75) is 38.6 Å². The van der Waals surface area contributed by atoms with Crippen LogP contribution in [0.15, 0.2) is 42.0 Å². The standard InChI is InChI=1S/C21H31N3O.2ClH/c1-17(21(25)23-16-20-7-11-22-12-8-20)24-13-9-19(10-14-24)15-18-5-3-2-4-6-18;;/h2-7,17,19,22H,8-16H2,1H3,(H,23,25);2*1H. The maximum Gasteiger partial charge on any atom is 0.237 e. The summed E-state index contributed by atoms with van der Waals surface area (Å²) in [5, 5.41) is 6.42. The Morgan fingerprint density at radius 1 is 1.22 bits per heavy atom. The van der Waals surface area contributed by atoms with E-state index in [1.54, 1.807) is 0 Å². The van der Waals surface area contributed by atoms with Gasteiger partial charge in [-0.2, -0.15) is 0 Å². The Morgan fingerprint density at radius 3 is 2.56 bits per heavy atom. The first kappa shape index (κ1) is 24.0. The van der Waals surface area contributed by atoms with E-state index in [1.807, 2.05) is 6.92 Å². The molecular formula is C21H33Cl2N3O. The summed E-state index contributed by atoms with van der Waals surface area (Å²) in [5.74, 6) is 0.912. The Balaban J connectivity index is 0.00000182. The molecule has 1 unspecified atom stereocenters. The van der Waals surface area contributed by atoms with Crippen molar-refractivity contribution in [1.29, 1.82) is 0 Å². The summed E-state index contributed by atoms with van der Waals surface area (Å²) < 4.78 is 0. The van der Waals surface area contributed by atoms with Crippen molar-refractivity contribution >= 4 is 30.7 Å². The SMILES string of the molecule is CC(C(=O)NCC1=CCNCC1)N1CCC(Cc2ccccc2)CC1.Cl.Cl. The lowest BCUT2D eigenvalue weighted by Crippen LogP contribution is -2.48. The highest BCUT2D eigenvalue weighted by atomic mass is 35.5. The van der Waals surface area contributed by atoms with Crippen LogP contribution in [0.1, 0.15) is 31.7 Å². The molecule has 27 heavy (non-hydrogen) atoms. The van der Waals surface area contributed by atoms with E-state index < -0.39 is 0 Å². The monoisotopic (exact) mass is 413 g/mol. The van der Waals surface area contributed by atoms with Crippen LogP contribution in [0.2, 0.25) is 0 Å². The molecule has 1 aromatic carbocycles. The normalized spacial score (nSPS) is 19.2. The van der Waals surface area contributed by atoms with Gasteiger partial charge in [0.1, 0.15) is 0 Å². The van der Waals surface area contributed by atoms with Gasteiger partial charge in [-0.15, -0.1) is 24.8 Å². The Labute approximate surface area is 176 Å². The van der Waals surface area contributed by atoms with Gasteiger partial charge in [0.15, 0.2) is 0 Å². The zero-order valence-corrected chi connectivity index (χ0v) is 17.8. The largest absolute Gasteiger partial charge is 0.351 e. The van der Waals surface area contributed by atoms with E-state index in [4.69, 9.17) is 0 Å². The van der Waals surface area contributed by atoms with Crippen LogP contribution >= 0.6 is 24.8 Å². The van der Waals surface area contributed by atoms with Gasteiger partial charge in [-0.25, -0.2) is 0 Å². The van der Waals surface area contributed by atoms with E-state index in [1.165, 1.54) is 24.0 Å². The molecule has 2 heterocycles. The van der Waals surface area contributed by atoms with E-state index in [-0.39, 0.29) is 36.8 Å². The van der Waals surface area contributed by atoms with Gasteiger partial charge >= 0.3 is 0 Å². The second kappa shape index (κ2) is 12.4. The molecule has 1 saturated heterocycles. The molecule has 2 aliphatic heterocycles. The van der Waals surface area contributed by atoms with Crippen molar-refractivity contribution in [2.75, 3.05) is 32.7 Å². The molecule has 3 rings (SSSR count). The molecule has 0 spiro atoms. The highest BCUT2D eigenvalue weighted by Gasteiger charge is 2.26. The topological polar surface area (TPSA) is 44.4 Å². The number of hydrogen-bond acceptors (Lipinski definition) is 3. The van der Waals surface area contributed by atoms with E-state index in [0.717, 1.165) is 44.9 Å². The third-order valence-corrected chi connectivity index (χ3v) is 5.59. The number of benzene rings is 1. The highest BCUT2D eigenvalue weighted by molar-refractivity contribution is 5.85. The van der Waals surface area contributed by atoms with E-state index in [9.17, 15) is 4.79 Å². The number of piperidine rings is 1. The van der Waals surface area contributed by atoms with Gasteiger partial charge in [0.2, 0.25) is 5.91 Å². The molecule has 2 N–H and O–H groups in total. The van der Waals surface area contributed by atoms with Gasteiger partial charge in [-0.3, -0.25) is 9.69 Å². The zero-order valence-electron chi connectivity index (χ0n) is 16.2. The summed E-state index contributed by atoms with van der Waals surface area (Å²) >= 11 is 0. The smallest absolute Gasteiger partial charge is 0.237 e. The minimum Gasteiger partial charge on any atom is -0.351 e. The Hall–Kier alpha value is -1.07. The summed E-state index contributed by atoms with van der Waals surface area (Å²) in [6, 6.07) is 10.7. The predicted molar refractivity (Wildman–Crippen MR) is 117 cm³/mol. The quantitative estimate of drug-likeness (QED) is 0.703. The van der Waals surface area contributed by atoms with Crippen LogP contribution in [0, 0.1) is 5.92 Å². The molecule has 4 nitrogen and oxygen atoms in total. The maximum atomic E-state index is 12.5. The van der Waals surface area contributed by atoms with Crippen molar-refractivity contribution in [3.05, 3.63) is 47.5 Å². The minimum absolute atomic E-state index is 0. The average molecular weight is 414 g/mol. The molecule has 0 saturated carbocycles. The Kier molecular flexibility index (Phi) is 11.0. The predicted octanol–water partition coefficient (Wildman–Crippen LogP) is 3.21. The number of amides is 1. The fraction of sp³-hybridized carbons (Fsp3) is 0.571. The van der Waals surface area contributed by atoms with Crippen LogP contribution in [0.3, 0.4) is 0 Å². The first-order chi connectivity index (χ1) is 12.2. The van der Waals surface area contributed by atoms with Gasteiger partial charge < -0.3 is 10.6 Å². The van der Waals surface area contributed by atoms with Crippen LogP contribution in [-0.2, 0) is 11.2 Å². The fourth-order valence-corrected chi connectivity index (χ4v) is 3.84. The summed E-state index contributed by atoms with van der Waals surface area (Å²) in [6.07, 6.45) is 6.77. The maximum absolute atomic E-state index is 12.5. The van der Waals surface area contributed by atoms with Crippen LogP contribution in [0.4, 0.5) is 0 Å². The van der Waals surface area contributed by atoms with Crippen molar-refractivity contribution in [3.63, 3.8) is 0 Å². The molecule has 0 radical (unpaired) electrons. The minimum atomic E-state index is -0.0278. The zero-order chi connectivity index (χ0) is 17.5. The van der Waals surface area contributed by atoms with Crippen molar-refractivity contribution in [1.82, 2.24) is 15.5 Å². The molecule has 1 atom stereocenters. The lowest BCUT2D eigenvalue weighted by Gasteiger charge is -2.35. The second-order valence-corrected chi connectivity index (χ2v) is 7.38. The van der Waals surface area contributed by atoms with E-state index in [2.05, 4.69) is 51.9 Å². The third kappa shape index (κ3) is 7.46. The molecule has 0 aromatic heterocycles. The molecule has 1 fully saturated rings. The lowest BCUT2D eigenvalue weighted by molar-refractivity contribution is -0.126. The molecule has 6 heteroatoms. The third-order valence-electron chi connectivity index (χ3n) is 5.59. The van der Waals surface area contributed by atoms with Crippen molar-refractivity contribution in [3.8, 4) is 0 Å². The van der Waals surface area contributed by atoms with Crippen LogP contribution in [0.5, 0.6) is 0 Å². The fourth-order valence-electron chi connectivity index (χ4n) is 3.84. The van der Waals surface area contributed by atoms with Gasteiger partial charge in [0, 0.05) is 13.1 Å². The molecule has 0 aliphatic carbocycles. The van der Waals surface area contributed by atoms with Gasteiger partial charge in [0.05, 0.1) is 6.04 Å². The number of carbonyl (C=O) groups is 1. The number of nitrogens with zero attached hydrogens (tertiary/aromatic N) is 1. The Morgan fingerprint density at radius 2 is 1.93 bits per heavy atom. The molecular weight excluding hydrogens is 381 g/mol. The number of hydrogen-bond donors (Lipinski definition) is 2. The number of halogens is 2. The van der Waals surface area contributed by atoms with Crippen LogP contribution < -0.4 is 10.6 Å². The van der Waals surface area contributed by atoms with Crippen LogP contribution in [0.25, 0.3) is 0 Å². The van der Waals surface area contributed by atoms with E-state index >= 15 is 0 Å². The Bertz CT molecular complexity index is 586. The van der Waals surface area contributed by atoms with Crippen LogP contribution in [-0.4, -0.2) is 49.6 Å². The van der Waals surface area contributed by atoms with Gasteiger partial charge in [0.25, 0.3) is 0 Å². The molecule has 1 amide bonds. The molecule has 1 aromatic rings. The molecule has 2 aliphatic rings. The average Bonchev–Trinajstić information content (AvgIpc) is 2.68. The number of nitrogens with one attached hydrogen (secondary N) is 2. The lowest BCUT2D eigenvalue weighted by atomic mass is 9.89. The first-order valence-corrected chi connectivity index (χ1v) is 9.66. The summed E-state index contributed by atoms with van der Waals surface area (Å²) in [6.45, 7) is 6.75. The van der Waals surface area contributed by atoms with Gasteiger partial charge in [-0.1, -0.05) is 42.0 Å². The number of likely N-dealkylation sites (tertiary alicyclic amines) is 1. The second-order valence-electron chi connectivity index (χ2n) is 7.38. The molecule has 152 valence electrons. The van der Waals surface area contributed by atoms with Crippen molar-refractivity contribution in [2.24, 2.45) is 5.92 Å². The number of carbonyl (C=O) groups excluding carboxylic acids is 1. The first-order valence-electron chi connectivity index (χ1n) is 9.66. The summed E-state index contributed by atoms with van der Waals surface area (Å²) in [7, 11) is 0. The van der Waals surface area contributed by atoms with Crippen molar-refractivity contribution < 1.29 is 4.79 Å². The molecule has 0 bridgehead atoms. The summed E-state index contributed by atoms with van der Waals surface area (Å²) in [4.78, 5) is 14.8. The highest BCUT2D eigenvalue weighted by Crippen LogP contribution is 2.23. The summed E-state index contributed by atoms with van der Waals surface area (Å²) in [5.41, 5.74) is 2.78. The van der Waals surface area contributed by atoms with Gasteiger partial charge in [-0.05, 0) is 63.7 Å². The van der Waals surface area contributed by atoms with E-state index in [0.29, 0.717) is 6.54 Å².